The number of hydrogen-bond acceptors (Lipinski definition) is 8. The zero-order chi connectivity index (χ0) is 29.2. The lowest BCUT2D eigenvalue weighted by Gasteiger charge is -2.26. The Labute approximate surface area is 249 Å². The number of thiophene rings is 1. The molecule has 0 spiro atoms. The van der Waals surface area contributed by atoms with Crippen molar-refractivity contribution < 1.29 is 19.4 Å². The van der Waals surface area contributed by atoms with Crippen LogP contribution in [0.15, 0.2) is 96.7 Å². The molecule has 0 atom stereocenters. The zero-order valence-corrected chi connectivity index (χ0v) is 24.2. The number of hydrogen-bond donors (Lipinski definition) is 1. The maximum absolute atomic E-state index is 11.2. The number of methoxy groups -OCH3 is 2. The summed E-state index contributed by atoms with van der Waals surface area (Å²) in [6, 6.07) is 30.5. The number of nitriles is 1. The Balaban J connectivity index is 1.40. The van der Waals surface area contributed by atoms with Gasteiger partial charge in [0.15, 0.2) is 0 Å². The molecule has 0 bridgehead atoms. The van der Waals surface area contributed by atoms with E-state index in [1.165, 1.54) is 22.8 Å². The van der Waals surface area contributed by atoms with Gasteiger partial charge in [-0.15, -0.1) is 22.7 Å². The van der Waals surface area contributed by atoms with Crippen molar-refractivity contribution in [1.29, 1.82) is 5.26 Å². The van der Waals surface area contributed by atoms with Crippen LogP contribution < -0.4 is 14.4 Å². The van der Waals surface area contributed by atoms with E-state index >= 15 is 0 Å². The standard InChI is InChI=1S/C33H23N3O4S2/c1-39-25-9-4-22(5-10-25)36(23-6-11-26(40-2)12-7-23)24-8-14-28-27-13-3-20(15-29(27)41-30(28)17-24)31-19-35-32(42-31)16-21(18-34)33(37)38/h3-17,19H,1-2H3,(H,37,38). The lowest BCUT2D eigenvalue weighted by molar-refractivity contribution is -0.132. The molecule has 0 saturated heterocycles. The highest BCUT2D eigenvalue weighted by Crippen LogP contribution is 2.42. The van der Waals surface area contributed by atoms with Crippen molar-refractivity contribution in [1.82, 2.24) is 4.98 Å². The van der Waals surface area contributed by atoms with E-state index in [0.29, 0.717) is 5.01 Å². The third-order valence-corrected chi connectivity index (χ3v) is 8.91. The lowest BCUT2D eigenvalue weighted by Crippen LogP contribution is -2.09. The van der Waals surface area contributed by atoms with Gasteiger partial charge in [0.2, 0.25) is 0 Å². The van der Waals surface area contributed by atoms with Crippen molar-refractivity contribution in [3.8, 4) is 28.0 Å². The molecule has 2 heterocycles. The summed E-state index contributed by atoms with van der Waals surface area (Å²) >= 11 is 3.06. The van der Waals surface area contributed by atoms with Crippen LogP contribution in [0.4, 0.5) is 17.1 Å². The average Bonchev–Trinajstić information content (AvgIpc) is 3.64. The van der Waals surface area contributed by atoms with Crippen LogP contribution in [0.3, 0.4) is 0 Å². The number of benzene rings is 4. The number of carbonyl (C=O) groups is 1. The first-order valence-electron chi connectivity index (χ1n) is 12.8. The number of thiazole rings is 1. The molecule has 0 aliphatic carbocycles. The molecule has 7 nitrogen and oxygen atoms in total. The molecule has 6 rings (SSSR count). The molecule has 9 heteroatoms. The largest absolute Gasteiger partial charge is 0.497 e. The predicted octanol–water partition coefficient (Wildman–Crippen LogP) is 8.66. The molecule has 0 fully saturated rings. The number of rotatable bonds is 8. The minimum atomic E-state index is -1.27. The van der Waals surface area contributed by atoms with Crippen LogP contribution in [0, 0.1) is 11.3 Å². The van der Waals surface area contributed by atoms with Gasteiger partial charge in [-0.2, -0.15) is 5.26 Å². The van der Waals surface area contributed by atoms with Crippen molar-refractivity contribution in [3.05, 3.63) is 102 Å². The highest BCUT2D eigenvalue weighted by Gasteiger charge is 2.16. The number of aliphatic carboxylic acids is 1. The molecular weight excluding hydrogens is 567 g/mol. The molecule has 42 heavy (non-hydrogen) atoms. The van der Waals surface area contributed by atoms with E-state index in [1.807, 2.05) is 54.6 Å². The van der Waals surface area contributed by atoms with Gasteiger partial charge in [-0.25, -0.2) is 9.78 Å². The van der Waals surface area contributed by atoms with Crippen LogP contribution in [0.2, 0.25) is 0 Å². The number of carboxylic acids is 1. The predicted molar refractivity (Wildman–Crippen MR) is 169 cm³/mol. The van der Waals surface area contributed by atoms with Gasteiger partial charge in [-0.05, 0) is 78.4 Å². The normalized spacial score (nSPS) is 11.4. The number of anilines is 3. The number of nitrogens with zero attached hydrogens (tertiary/aromatic N) is 3. The molecule has 0 saturated carbocycles. The van der Waals surface area contributed by atoms with Gasteiger partial charge in [0.25, 0.3) is 0 Å². The van der Waals surface area contributed by atoms with Crippen LogP contribution >= 0.6 is 22.7 Å². The number of fused-ring (bicyclic) bond motifs is 3. The van der Waals surface area contributed by atoms with Gasteiger partial charge < -0.3 is 19.5 Å². The van der Waals surface area contributed by atoms with Gasteiger partial charge >= 0.3 is 5.97 Å². The van der Waals surface area contributed by atoms with E-state index in [0.717, 1.165) is 53.8 Å². The number of ether oxygens (including phenoxy) is 2. The molecule has 206 valence electrons. The molecule has 2 aromatic heterocycles. The monoisotopic (exact) mass is 589 g/mol. The fourth-order valence-corrected chi connectivity index (χ4v) is 6.76. The summed E-state index contributed by atoms with van der Waals surface area (Å²) in [5.74, 6) is 0.319. The Kier molecular flexibility index (Phi) is 7.32. The van der Waals surface area contributed by atoms with Gasteiger partial charge in [0.1, 0.15) is 28.1 Å². The Hall–Kier alpha value is -5.17. The van der Waals surface area contributed by atoms with Gasteiger partial charge in [-0.3, -0.25) is 0 Å². The second-order valence-electron chi connectivity index (χ2n) is 9.26. The molecule has 0 amide bonds. The molecule has 6 aromatic rings. The highest BCUT2D eigenvalue weighted by atomic mass is 32.1. The smallest absolute Gasteiger partial charge is 0.346 e. The minimum Gasteiger partial charge on any atom is -0.497 e. The zero-order valence-electron chi connectivity index (χ0n) is 22.6. The summed E-state index contributed by atoms with van der Waals surface area (Å²) in [5.41, 5.74) is 3.67. The Morgan fingerprint density at radius 1 is 0.833 bits per heavy atom. The van der Waals surface area contributed by atoms with Crippen LogP contribution in [0.25, 0.3) is 36.7 Å². The summed E-state index contributed by atoms with van der Waals surface area (Å²) < 4.78 is 13.0. The van der Waals surface area contributed by atoms with Gasteiger partial charge in [0, 0.05) is 43.4 Å². The van der Waals surface area contributed by atoms with Crippen LogP contribution in [0.1, 0.15) is 5.01 Å². The van der Waals surface area contributed by atoms with E-state index in [4.69, 9.17) is 19.8 Å². The Morgan fingerprint density at radius 3 is 1.98 bits per heavy atom. The molecular formula is C33H23N3O4S2. The molecule has 0 aliphatic heterocycles. The first-order valence-corrected chi connectivity index (χ1v) is 14.5. The first-order chi connectivity index (χ1) is 20.5. The van der Waals surface area contributed by atoms with E-state index in [-0.39, 0.29) is 5.57 Å². The average molecular weight is 590 g/mol. The van der Waals surface area contributed by atoms with Crippen molar-refractivity contribution in [2.24, 2.45) is 0 Å². The summed E-state index contributed by atoms with van der Waals surface area (Å²) in [7, 11) is 3.32. The summed E-state index contributed by atoms with van der Waals surface area (Å²) in [5, 5.41) is 21.0. The Morgan fingerprint density at radius 2 is 1.40 bits per heavy atom. The van der Waals surface area contributed by atoms with E-state index in [9.17, 15) is 4.79 Å². The molecule has 0 aliphatic rings. The van der Waals surface area contributed by atoms with E-state index in [2.05, 4.69) is 40.2 Å². The van der Waals surface area contributed by atoms with E-state index in [1.54, 1.807) is 37.8 Å². The molecule has 1 N–H and O–H groups in total. The minimum absolute atomic E-state index is 0.343. The highest BCUT2D eigenvalue weighted by molar-refractivity contribution is 7.26. The van der Waals surface area contributed by atoms with Gasteiger partial charge in [0.05, 0.1) is 19.1 Å². The lowest BCUT2D eigenvalue weighted by atomic mass is 10.1. The summed E-state index contributed by atoms with van der Waals surface area (Å²) in [4.78, 5) is 18.6. The van der Waals surface area contributed by atoms with Crippen molar-refractivity contribution in [2.45, 2.75) is 0 Å². The molecule has 0 radical (unpaired) electrons. The van der Waals surface area contributed by atoms with Crippen molar-refractivity contribution in [2.75, 3.05) is 19.1 Å². The van der Waals surface area contributed by atoms with Crippen molar-refractivity contribution >= 4 is 72.0 Å². The van der Waals surface area contributed by atoms with E-state index < -0.39 is 5.97 Å². The summed E-state index contributed by atoms with van der Waals surface area (Å²) in [6.45, 7) is 0. The quantitative estimate of drug-likeness (QED) is 0.140. The van der Waals surface area contributed by atoms with Crippen LogP contribution in [-0.2, 0) is 4.79 Å². The second-order valence-corrected chi connectivity index (χ2v) is 11.4. The third-order valence-electron chi connectivity index (χ3n) is 6.80. The van der Waals surface area contributed by atoms with Crippen LogP contribution in [0.5, 0.6) is 11.5 Å². The second kappa shape index (κ2) is 11.4. The maximum Gasteiger partial charge on any atom is 0.346 e. The van der Waals surface area contributed by atoms with Crippen molar-refractivity contribution in [3.63, 3.8) is 0 Å². The third kappa shape index (κ3) is 5.17. The first kappa shape index (κ1) is 27.0. The SMILES string of the molecule is COc1ccc(N(c2ccc(OC)cc2)c2ccc3c(c2)sc2cc(-c4cnc(C=C(C#N)C(=O)O)s4)ccc23)cc1. The fraction of sp³-hybridized carbons (Fsp3) is 0.0606. The maximum atomic E-state index is 11.2. The fourth-order valence-electron chi connectivity index (χ4n) is 4.72. The van der Waals surface area contributed by atoms with Crippen LogP contribution in [-0.4, -0.2) is 30.3 Å². The molecule has 4 aromatic carbocycles. The van der Waals surface area contributed by atoms with Gasteiger partial charge in [-0.1, -0.05) is 18.2 Å². The number of carboxylic acid groups (broad SMARTS) is 1. The topological polar surface area (TPSA) is 95.7 Å². The summed E-state index contributed by atoms with van der Waals surface area (Å²) in [6.07, 6.45) is 3.01. The number of aromatic nitrogens is 1. The Bertz CT molecular complexity index is 1950. The molecule has 0 unspecified atom stereocenters.